The van der Waals surface area contributed by atoms with Crippen LogP contribution in [0.25, 0.3) is 0 Å². The lowest BCUT2D eigenvalue weighted by Gasteiger charge is -2.11. The van der Waals surface area contributed by atoms with Gasteiger partial charge >= 0.3 is 0 Å². The van der Waals surface area contributed by atoms with Crippen molar-refractivity contribution in [1.82, 2.24) is 14.3 Å². The highest BCUT2D eigenvalue weighted by Crippen LogP contribution is 2.30. The Morgan fingerprint density at radius 2 is 2.00 bits per heavy atom. The Hall–Kier alpha value is -2.26. The van der Waals surface area contributed by atoms with Crippen molar-refractivity contribution in [2.75, 3.05) is 6.54 Å². The molecule has 0 saturated heterocycles. The van der Waals surface area contributed by atoms with E-state index in [0.29, 0.717) is 24.1 Å². The fourth-order valence-electron chi connectivity index (χ4n) is 2.30. The molecule has 0 unspecified atom stereocenters. The van der Waals surface area contributed by atoms with Crippen LogP contribution in [0.3, 0.4) is 0 Å². The minimum Gasteiger partial charge on any atom is -0.337 e. The predicted molar refractivity (Wildman–Crippen MR) is 84.6 cm³/mol. The van der Waals surface area contributed by atoms with E-state index in [1.807, 2.05) is 4.57 Å². The van der Waals surface area contributed by atoms with Crippen molar-refractivity contribution < 1.29 is 13.3 Å². The van der Waals surface area contributed by atoms with Crippen LogP contribution in [-0.4, -0.2) is 29.4 Å². The molecule has 0 aliphatic rings. The maximum atomic E-state index is 12.5. The third-order valence-corrected chi connectivity index (χ3v) is 5.06. The number of hydrogen-bond acceptors (Lipinski definition) is 5. The van der Waals surface area contributed by atoms with Crippen LogP contribution in [-0.2, 0) is 16.6 Å². The number of rotatable bonds is 7. The second-order valence-electron chi connectivity index (χ2n) is 5.19. The average molecular weight is 338 g/mol. The lowest BCUT2D eigenvalue weighted by molar-refractivity contribution is -0.388. The summed E-state index contributed by atoms with van der Waals surface area (Å²) in [5.41, 5.74) is 0.302. The molecule has 0 fully saturated rings. The van der Waals surface area contributed by atoms with Gasteiger partial charge in [-0.1, -0.05) is 12.1 Å². The molecule has 2 rings (SSSR count). The Bertz CT molecular complexity index is 800. The van der Waals surface area contributed by atoms with E-state index in [1.165, 1.54) is 6.92 Å². The van der Waals surface area contributed by atoms with Gasteiger partial charge in [0.1, 0.15) is 0 Å². The fraction of sp³-hybridized carbons (Fsp3) is 0.357. The van der Waals surface area contributed by atoms with Gasteiger partial charge in [-0.25, -0.2) is 18.1 Å². The van der Waals surface area contributed by atoms with E-state index in [1.54, 1.807) is 37.8 Å². The number of hydrogen-bond donors (Lipinski definition) is 1. The van der Waals surface area contributed by atoms with Crippen molar-refractivity contribution in [3.63, 3.8) is 0 Å². The van der Waals surface area contributed by atoms with Crippen LogP contribution in [0.1, 0.15) is 17.5 Å². The minimum atomic E-state index is -3.95. The Morgan fingerprint density at radius 1 is 1.30 bits per heavy atom. The number of aryl methyl sites for hydroxylation is 3. The standard InChI is InChI=1S/C14H18N4O4S/c1-11-4-5-12(2)14(13(11)18(19)20)23(21,22)16-6-3-8-17-9-7-15-10-17/h4-5,7,9-10,16H,3,6,8H2,1-2H3. The second-order valence-corrected chi connectivity index (χ2v) is 6.89. The molecule has 9 heteroatoms. The molecule has 1 N–H and O–H groups in total. The Kier molecular flexibility index (Phi) is 5.12. The maximum absolute atomic E-state index is 12.5. The largest absolute Gasteiger partial charge is 0.337 e. The number of benzene rings is 1. The SMILES string of the molecule is Cc1ccc(C)c(S(=O)(=O)NCCCn2ccnc2)c1[N+](=O)[O-]. The molecule has 0 spiro atoms. The summed E-state index contributed by atoms with van der Waals surface area (Å²) in [5.74, 6) is 0. The van der Waals surface area contributed by atoms with Crippen LogP contribution in [0, 0.1) is 24.0 Å². The first kappa shape index (κ1) is 17.1. The summed E-state index contributed by atoms with van der Waals surface area (Å²) in [6.45, 7) is 3.87. The molecule has 0 radical (unpaired) electrons. The first-order chi connectivity index (χ1) is 10.8. The highest BCUT2D eigenvalue weighted by atomic mass is 32.2. The van der Waals surface area contributed by atoms with E-state index in [4.69, 9.17) is 0 Å². The van der Waals surface area contributed by atoms with Crippen molar-refractivity contribution in [1.29, 1.82) is 0 Å². The van der Waals surface area contributed by atoms with Gasteiger partial charge < -0.3 is 4.57 Å². The minimum absolute atomic E-state index is 0.186. The Labute approximate surface area is 134 Å². The molecule has 23 heavy (non-hydrogen) atoms. The quantitative estimate of drug-likeness (QED) is 0.470. The van der Waals surface area contributed by atoms with E-state index in [9.17, 15) is 18.5 Å². The fourth-order valence-corrected chi connectivity index (χ4v) is 3.84. The number of sulfonamides is 1. The van der Waals surface area contributed by atoms with E-state index in [-0.39, 0.29) is 17.1 Å². The molecule has 1 aromatic carbocycles. The molecule has 2 aromatic rings. The number of aromatic nitrogens is 2. The van der Waals surface area contributed by atoms with Crippen molar-refractivity contribution >= 4 is 15.7 Å². The average Bonchev–Trinajstić information content (AvgIpc) is 2.98. The first-order valence-corrected chi connectivity index (χ1v) is 8.51. The smallest absolute Gasteiger partial charge is 0.292 e. The van der Waals surface area contributed by atoms with Crippen molar-refractivity contribution in [3.8, 4) is 0 Å². The number of nitro benzene ring substituents is 1. The Morgan fingerprint density at radius 3 is 2.61 bits per heavy atom. The molecule has 0 amide bonds. The lowest BCUT2D eigenvalue weighted by atomic mass is 10.1. The number of nitrogens with one attached hydrogen (secondary N) is 1. The van der Waals surface area contributed by atoms with Gasteiger partial charge in [0, 0.05) is 31.0 Å². The Balaban J connectivity index is 2.16. The summed E-state index contributed by atoms with van der Waals surface area (Å²) in [4.78, 5) is 14.2. The summed E-state index contributed by atoms with van der Waals surface area (Å²) >= 11 is 0. The highest BCUT2D eigenvalue weighted by molar-refractivity contribution is 7.89. The molecule has 0 bridgehead atoms. The molecule has 1 aromatic heterocycles. The topological polar surface area (TPSA) is 107 Å². The van der Waals surface area contributed by atoms with Crippen LogP contribution in [0.5, 0.6) is 0 Å². The maximum Gasteiger partial charge on any atom is 0.292 e. The summed E-state index contributed by atoms with van der Waals surface area (Å²) in [6, 6.07) is 3.12. The third-order valence-electron chi connectivity index (χ3n) is 3.43. The summed E-state index contributed by atoms with van der Waals surface area (Å²) in [5, 5.41) is 11.2. The molecular formula is C14H18N4O4S. The highest BCUT2D eigenvalue weighted by Gasteiger charge is 2.29. The van der Waals surface area contributed by atoms with Crippen molar-refractivity contribution in [3.05, 3.63) is 52.1 Å². The molecular weight excluding hydrogens is 320 g/mol. The molecule has 1 heterocycles. The summed E-state index contributed by atoms with van der Waals surface area (Å²) in [6.07, 6.45) is 5.62. The van der Waals surface area contributed by atoms with Crippen LogP contribution in [0.15, 0.2) is 35.7 Å². The van der Waals surface area contributed by atoms with E-state index in [2.05, 4.69) is 9.71 Å². The molecule has 8 nitrogen and oxygen atoms in total. The number of nitro groups is 1. The van der Waals surface area contributed by atoms with Gasteiger partial charge in [0.2, 0.25) is 10.0 Å². The van der Waals surface area contributed by atoms with Gasteiger partial charge in [-0.15, -0.1) is 0 Å². The third kappa shape index (κ3) is 3.93. The van der Waals surface area contributed by atoms with E-state index >= 15 is 0 Å². The van der Waals surface area contributed by atoms with Crippen LogP contribution >= 0.6 is 0 Å². The van der Waals surface area contributed by atoms with Gasteiger partial charge in [0.15, 0.2) is 4.90 Å². The molecule has 0 aliphatic heterocycles. The predicted octanol–water partition coefficient (Wildman–Crippen LogP) is 1.78. The molecule has 0 saturated carbocycles. The van der Waals surface area contributed by atoms with E-state index < -0.39 is 14.9 Å². The van der Waals surface area contributed by atoms with E-state index in [0.717, 1.165) is 0 Å². The zero-order valence-electron chi connectivity index (χ0n) is 12.9. The number of nitrogens with zero attached hydrogens (tertiary/aromatic N) is 3. The lowest BCUT2D eigenvalue weighted by Crippen LogP contribution is -2.27. The van der Waals surface area contributed by atoms with Crippen LogP contribution in [0.4, 0.5) is 5.69 Å². The normalized spacial score (nSPS) is 11.6. The van der Waals surface area contributed by atoms with Gasteiger partial charge in [0.05, 0.1) is 11.3 Å². The number of imidazole rings is 1. The monoisotopic (exact) mass is 338 g/mol. The van der Waals surface area contributed by atoms with Gasteiger partial charge in [-0.05, 0) is 25.8 Å². The van der Waals surface area contributed by atoms with Crippen LogP contribution < -0.4 is 4.72 Å². The zero-order chi connectivity index (χ0) is 17.0. The second kappa shape index (κ2) is 6.88. The summed E-state index contributed by atoms with van der Waals surface area (Å²) in [7, 11) is -3.95. The molecule has 0 atom stereocenters. The van der Waals surface area contributed by atoms with Crippen molar-refractivity contribution in [2.24, 2.45) is 0 Å². The van der Waals surface area contributed by atoms with Gasteiger partial charge in [-0.2, -0.15) is 0 Å². The van der Waals surface area contributed by atoms with Gasteiger partial charge in [0.25, 0.3) is 5.69 Å². The molecule has 124 valence electrons. The summed E-state index contributed by atoms with van der Waals surface area (Å²) < 4.78 is 29.2. The molecule has 0 aliphatic carbocycles. The van der Waals surface area contributed by atoms with Crippen molar-refractivity contribution in [2.45, 2.75) is 31.7 Å². The van der Waals surface area contributed by atoms with Gasteiger partial charge in [-0.3, -0.25) is 10.1 Å². The van der Waals surface area contributed by atoms with Crippen LogP contribution in [0.2, 0.25) is 0 Å². The first-order valence-electron chi connectivity index (χ1n) is 7.03. The zero-order valence-corrected chi connectivity index (χ0v) is 13.7.